The Labute approximate surface area is 184 Å². The van der Waals surface area contributed by atoms with Gasteiger partial charge in [0.1, 0.15) is 6.04 Å². The molecule has 7 heteroatoms. The van der Waals surface area contributed by atoms with Gasteiger partial charge in [-0.2, -0.15) is 0 Å². The lowest BCUT2D eigenvalue weighted by Gasteiger charge is -2.18. The van der Waals surface area contributed by atoms with E-state index in [1.54, 1.807) is 6.08 Å². The van der Waals surface area contributed by atoms with E-state index in [9.17, 15) is 14.4 Å². The molecule has 158 valence electrons. The van der Waals surface area contributed by atoms with E-state index in [0.29, 0.717) is 11.4 Å². The number of hydrogen-bond acceptors (Lipinski definition) is 5. The number of aromatic nitrogens is 1. The highest BCUT2D eigenvalue weighted by molar-refractivity contribution is 8.18. The molecule has 31 heavy (non-hydrogen) atoms. The normalized spacial score (nSPS) is 16.4. The molecular weight excluding hydrogens is 412 g/mol. The van der Waals surface area contributed by atoms with Crippen LogP contribution in [-0.2, 0) is 20.9 Å². The highest BCUT2D eigenvalue weighted by Gasteiger charge is 2.41. The Hall–Kier alpha value is -3.32. The molecule has 1 aromatic heterocycles. The maximum atomic E-state index is 12.9. The third-order valence-corrected chi connectivity index (χ3v) is 6.38. The zero-order valence-electron chi connectivity index (χ0n) is 17.5. The summed E-state index contributed by atoms with van der Waals surface area (Å²) in [6.45, 7) is 4.19. The first kappa shape index (κ1) is 20.9. The highest BCUT2D eigenvalue weighted by atomic mass is 32.2. The molecule has 2 amide bonds. The number of benzene rings is 2. The Morgan fingerprint density at radius 3 is 2.48 bits per heavy atom. The minimum atomic E-state index is -0.969. The number of hydrogen-bond donors (Lipinski definition) is 0. The van der Waals surface area contributed by atoms with Gasteiger partial charge >= 0.3 is 5.97 Å². The molecule has 1 aliphatic rings. The van der Waals surface area contributed by atoms with Crippen LogP contribution in [0.5, 0.6) is 0 Å². The number of amides is 2. The fourth-order valence-corrected chi connectivity index (χ4v) is 4.72. The van der Waals surface area contributed by atoms with Crippen LogP contribution in [0.2, 0.25) is 0 Å². The minimum Gasteiger partial charge on any atom is -0.467 e. The third-order valence-electron chi connectivity index (χ3n) is 5.49. The van der Waals surface area contributed by atoms with Crippen molar-refractivity contribution in [3.05, 3.63) is 76.3 Å². The monoisotopic (exact) mass is 434 g/mol. The van der Waals surface area contributed by atoms with Crippen molar-refractivity contribution >= 4 is 45.9 Å². The van der Waals surface area contributed by atoms with Crippen molar-refractivity contribution in [1.82, 2.24) is 9.47 Å². The number of imide groups is 1. The van der Waals surface area contributed by atoms with Gasteiger partial charge in [0, 0.05) is 28.7 Å². The molecule has 0 aliphatic carbocycles. The number of ether oxygens (including phenoxy) is 1. The maximum absolute atomic E-state index is 12.9. The standard InChI is InChI=1S/C24H22N2O4S/c1-15-19(13-21-22(27)26(24(29)31-21)16(2)23(28)30-3)18-11-7-8-12-20(18)25(15)14-17-9-5-4-6-10-17/h4-13,16H,14H2,1-3H3/b21-13+/t16-/m0/s1. The van der Waals surface area contributed by atoms with E-state index in [-0.39, 0.29) is 0 Å². The van der Waals surface area contributed by atoms with Crippen LogP contribution >= 0.6 is 11.8 Å². The van der Waals surface area contributed by atoms with Gasteiger partial charge in [0.25, 0.3) is 11.1 Å². The van der Waals surface area contributed by atoms with Crippen LogP contribution in [0.15, 0.2) is 59.5 Å². The van der Waals surface area contributed by atoms with Crippen molar-refractivity contribution in [2.24, 2.45) is 0 Å². The first-order valence-electron chi connectivity index (χ1n) is 9.89. The first-order valence-corrected chi connectivity index (χ1v) is 10.7. The SMILES string of the molecule is COC(=O)[C@H](C)N1C(=O)S/C(=C/c2c(C)n(Cc3ccccc3)c3ccccc23)C1=O. The molecule has 0 N–H and O–H groups in total. The highest BCUT2D eigenvalue weighted by Crippen LogP contribution is 2.36. The average Bonchev–Trinajstić information content (AvgIpc) is 3.21. The Bertz CT molecular complexity index is 1210. The fourth-order valence-electron chi connectivity index (χ4n) is 3.83. The minimum absolute atomic E-state index is 0.298. The predicted molar refractivity (Wildman–Crippen MR) is 122 cm³/mol. The van der Waals surface area contributed by atoms with Gasteiger partial charge in [-0.3, -0.25) is 14.5 Å². The van der Waals surface area contributed by atoms with Crippen LogP contribution in [0.1, 0.15) is 23.7 Å². The molecule has 3 aromatic rings. The average molecular weight is 435 g/mol. The summed E-state index contributed by atoms with van der Waals surface area (Å²) in [5.41, 5.74) is 4.11. The van der Waals surface area contributed by atoms with Crippen molar-refractivity contribution in [1.29, 1.82) is 0 Å². The fraction of sp³-hybridized carbons (Fsp3) is 0.208. The van der Waals surface area contributed by atoms with Gasteiger partial charge in [-0.25, -0.2) is 4.79 Å². The van der Waals surface area contributed by atoms with Gasteiger partial charge < -0.3 is 9.30 Å². The van der Waals surface area contributed by atoms with E-state index in [0.717, 1.165) is 38.8 Å². The van der Waals surface area contributed by atoms with Gasteiger partial charge in [0.05, 0.1) is 12.0 Å². The summed E-state index contributed by atoms with van der Waals surface area (Å²) < 4.78 is 6.90. The van der Waals surface area contributed by atoms with Gasteiger partial charge in [-0.15, -0.1) is 0 Å². The van der Waals surface area contributed by atoms with E-state index >= 15 is 0 Å². The van der Waals surface area contributed by atoms with Gasteiger partial charge in [-0.05, 0) is 43.3 Å². The molecule has 6 nitrogen and oxygen atoms in total. The third kappa shape index (κ3) is 3.77. The summed E-state index contributed by atoms with van der Waals surface area (Å²) >= 11 is 0.845. The molecule has 1 fully saturated rings. The predicted octanol–water partition coefficient (Wildman–Crippen LogP) is 4.60. The summed E-state index contributed by atoms with van der Waals surface area (Å²) in [7, 11) is 1.23. The van der Waals surface area contributed by atoms with E-state index in [1.807, 2.05) is 49.4 Å². The number of rotatable bonds is 5. The van der Waals surface area contributed by atoms with Crippen molar-refractivity contribution in [2.75, 3.05) is 7.11 Å². The zero-order chi connectivity index (χ0) is 22.1. The summed E-state index contributed by atoms with van der Waals surface area (Å²) in [6.07, 6.45) is 1.76. The number of carbonyl (C=O) groups excluding carboxylic acids is 3. The molecular formula is C24H22N2O4S. The Morgan fingerprint density at radius 1 is 1.10 bits per heavy atom. The molecule has 0 unspecified atom stereocenters. The lowest BCUT2D eigenvalue weighted by Crippen LogP contribution is -2.42. The molecule has 1 aliphatic heterocycles. The van der Waals surface area contributed by atoms with Crippen LogP contribution in [-0.4, -0.2) is 39.7 Å². The van der Waals surface area contributed by atoms with E-state index < -0.39 is 23.2 Å². The second kappa shape index (κ2) is 8.43. The smallest absolute Gasteiger partial charge is 0.328 e. The van der Waals surface area contributed by atoms with E-state index in [1.165, 1.54) is 19.6 Å². The molecule has 1 saturated heterocycles. The van der Waals surface area contributed by atoms with Crippen LogP contribution in [0.25, 0.3) is 17.0 Å². The number of fused-ring (bicyclic) bond motifs is 1. The van der Waals surface area contributed by atoms with Crippen LogP contribution in [0, 0.1) is 6.92 Å². The molecule has 4 rings (SSSR count). The molecule has 0 bridgehead atoms. The maximum Gasteiger partial charge on any atom is 0.328 e. The first-order chi connectivity index (χ1) is 14.9. The number of carbonyl (C=O) groups is 3. The summed E-state index contributed by atoms with van der Waals surface area (Å²) in [6, 6.07) is 17.2. The number of para-hydroxylation sites is 1. The number of esters is 1. The number of thioether (sulfide) groups is 1. The molecule has 2 heterocycles. The largest absolute Gasteiger partial charge is 0.467 e. The molecule has 2 aromatic carbocycles. The van der Waals surface area contributed by atoms with Gasteiger partial charge in [0.2, 0.25) is 0 Å². The summed E-state index contributed by atoms with van der Waals surface area (Å²) in [4.78, 5) is 38.5. The van der Waals surface area contributed by atoms with Gasteiger partial charge in [-0.1, -0.05) is 48.5 Å². The molecule has 0 radical (unpaired) electrons. The quantitative estimate of drug-likeness (QED) is 0.434. The van der Waals surface area contributed by atoms with Crippen molar-refractivity contribution in [3.8, 4) is 0 Å². The molecule has 0 spiro atoms. The Balaban J connectivity index is 1.76. The van der Waals surface area contributed by atoms with Crippen molar-refractivity contribution in [2.45, 2.75) is 26.4 Å². The lowest BCUT2D eigenvalue weighted by atomic mass is 10.1. The molecule has 0 saturated carbocycles. The lowest BCUT2D eigenvalue weighted by molar-refractivity contribution is -0.148. The summed E-state index contributed by atoms with van der Waals surface area (Å²) in [5, 5.41) is 0.531. The van der Waals surface area contributed by atoms with Crippen LogP contribution in [0.4, 0.5) is 4.79 Å². The summed E-state index contributed by atoms with van der Waals surface area (Å²) in [5.74, 6) is -1.11. The van der Waals surface area contributed by atoms with E-state index in [4.69, 9.17) is 4.74 Å². The second-order valence-electron chi connectivity index (χ2n) is 7.34. The number of methoxy groups -OCH3 is 1. The van der Waals surface area contributed by atoms with E-state index in [2.05, 4.69) is 16.7 Å². The molecule has 1 atom stereocenters. The van der Waals surface area contributed by atoms with Crippen LogP contribution in [0.3, 0.4) is 0 Å². The van der Waals surface area contributed by atoms with Crippen molar-refractivity contribution < 1.29 is 19.1 Å². The number of nitrogens with zero attached hydrogens (tertiary/aromatic N) is 2. The van der Waals surface area contributed by atoms with Crippen molar-refractivity contribution in [3.63, 3.8) is 0 Å². The van der Waals surface area contributed by atoms with Gasteiger partial charge in [0.15, 0.2) is 0 Å². The zero-order valence-corrected chi connectivity index (χ0v) is 18.3. The Morgan fingerprint density at radius 2 is 1.77 bits per heavy atom. The topological polar surface area (TPSA) is 68.6 Å². The second-order valence-corrected chi connectivity index (χ2v) is 8.33. The van der Waals surface area contributed by atoms with Crippen LogP contribution < -0.4 is 0 Å². The Kier molecular flexibility index (Phi) is 5.69.